The van der Waals surface area contributed by atoms with Crippen LogP contribution in [0.2, 0.25) is 5.02 Å². The molecule has 0 spiro atoms. The van der Waals surface area contributed by atoms with E-state index in [-0.39, 0.29) is 18.2 Å². The van der Waals surface area contributed by atoms with Crippen molar-refractivity contribution in [2.75, 3.05) is 20.3 Å². The Balaban J connectivity index is 1.86. The molecule has 2 bridgehead atoms. The van der Waals surface area contributed by atoms with Gasteiger partial charge < -0.3 is 14.2 Å². The standard InChI is InChI=1S/C19H24ClNO4/c1-19(2,3)25-18(22)21-14-7-13(8-15(21)11-24-10-14)12-5-6-17(23-4)16(20)9-12/h5-7,9,14-15H,8,10-11H2,1-4H3. The third kappa shape index (κ3) is 3.93. The van der Waals surface area contributed by atoms with E-state index in [2.05, 4.69) is 6.08 Å². The lowest BCUT2D eigenvalue weighted by Gasteiger charge is -2.44. The highest BCUT2D eigenvalue weighted by Crippen LogP contribution is 2.36. The van der Waals surface area contributed by atoms with E-state index in [1.54, 1.807) is 7.11 Å². The number of carbonyl (C=O) groups is 1. The van der Waals surface area contributed by atoms with Gasteiger partial charge in [0.2, 0.25) is 0 Å². The maximum absolute atomic E-state index is 12.6. The summed E-state index contributed by atoms with van der Waals surface area (Å²) in [4.78, 5) is 14.4. The van der Waals surface area contributed by atoms with Crippen LogP contribution in [0.5, 0.6) is 5.75 Å². The number of morpholine rings is 1. The third-order valence-electron chi connectivity index (χ3n) is 4.33. The molecule has 1 aromatic rings. The molecule has 6 heteroatoms. The second kappa shape index (κ2) is 6.89. The second-order valence-electron chi connectivity index (χ2n) is 7.39. The van der Waals surface area contributed by atoms with Gasteiger partial charge in [0.05, 0.1) is 37.4 Å². The molecular weight excluding hydrogens is 342 g/mol. The summed E-state index contributed by atoms with van der Waals surface area (Å²) in [7, 11) is 1.60. The molecule has 0 saturated carbocycles. The zero-order valence-electron chi connectivity index (χ0n) is 15.0. The van der Waals surface area contributed by atoms with Crippen LogP contribution < -0.4 is 4.74 Å². The van der Waals surface area contributed by atoms with Gasteiger partial charge in [-0.15, -0.1) is 0 Å². The van der Waals surface area contributed by atoms with Crippen molar-refractivity contribution in [2.45, 2.75) is 44.9 Å². The highest BCUT2D eigenvalue weighted by Gasteiger charge is 2.40. The van der Waals surface area contributed by atoms with Crippen LogP contribution in [0, 0.1) is 0 Å². The molecule has 2 unspecified atom stereocenters. The number of hydrogen-bond acceptors (Lipinski definition) is 4. The van der Waals surface area contributed by atoms with E-state index in [0.29, 0.717) is 30.4 Å². The molecule has 1 aromatic carbocycles. The topological polar surface area (TPSA) is 48.0 Å². The number of halogens is 1. The van der Waals surface area contributed by atoms with E-state index in [1.165, 1.54) is 5.57 Å². The molecule has 136 valence electrons. The summed E-state index contributed by atoms with van der Waals surface area (Å²) in [5, 5.41) is 0.580. The number of fused-ring (bicyclic) bond motifs is 2. The van der Waals surface area contributed by atoms with Gasteiger partial charge in [-0.3, -0.25) is 4.90 Å². The summed E-state index contributed by atoms with van der Waals surface area (Å²) >= 11 is 6.26. The molecule has 2 aliphatic rings. The Labute approximate surface area is 153 Å². The average Bonchev–Trinajstić information content (AvgIpc) is 2.51. The van der Waals surface area contributed by atoms with Crippen LogP contribution in [-0.2, 0) is 9.47 Å². The average molecular weight is 366 g/mol. The van der Waals surface area contributed by atoms with Crippen molar-refractivity contribution in [2.24, 2.45) is 0 Å². The van der Waals surface area contributed by atoms with Crippen LogP contribution in [0.1, 0.15) is 32.8 Å². The van der Waals surface area contributed by atoms with Crippen molar-refractivity contribution in [1.29, 1.82) is 0 Å². The molecule has 0 aromatic heterocycles. The van der Waals surface area contributed by atoms with Gasteiger partial charge in [-0.1, -0.05) is 23.7 Å². The van der Waals surface area contributed by atoms with Gasteiger partial charge in [-0.25, -0.2) is 4.79 Å². The normalized spacial score (nSPS) is 23.1. The molecule has 0 aliphatic carbocycles. The molecule has 0 N–H and O–H groups in total. The summed E-state index contributed by atoms with van der Waals surface area (Å²) in [5.41, 5.74) is 1.70. The van der Waals surface area contributed by atoms with Crippen molar-refractivity contribution < 1.29 is 19.0 Å². The number of benzene rings is 1. The molecule has 25 heavy (non-hydrogen) atoms. The lowest BCUT2D eigenvalue weighted by atomic mass is 9.90. The Morgan fingerprint density at radius 2 is 2.08 bits per heavy atom. The fourth-order valence-corrected chi connectivity index (χ4v) is 3.53. The largest absolute Gasteiger partial charge is 0.495 e. The summed E-state index contributed by atoms with van der Waals surface area (Å²) in [6.45, 7) is 6.62. The Morgan fingerprint density at radius 1 is 1.32 bits per heavy atom. The summed E-state index contributed by atoms with van der Waals surface area (Å²) in [6.07, 6.45) is 2.50. The van der Waals surface area contributed by atoms with Gasteiger partial charge in [0.15, 0.2) is 0 Å². The number of ether oxygens (including phenoxy) is 3. The molecule has 5 nitrogen and oxygen atoms in total. The zero-order valence-corrected chi connectivity index (χ0v) is 15.8. The van der Waals surface area contributed by atoms with Crippen LogP contribution >= 0.6 is 11.6 Å². The predicted molar refractivity (Wildman–Crippen MR) is 97.1 cm³/mol. The highest BCUT2D eigenvalue weighted by molar-refractivity contribution is 6.32. The third-order valence-corrected chi connectivity index (χ3v) is 4.62. The van der Waals surface area contributed by atoms with E-state index >= 15 is 0 Å². The first kappa shape index (κ1) is 18.1. The Bertz CT molecular complexity index is 695. The molecular formula is C19H24ClNO4. The fraction of sp³-hybridized carbons (Fsp3) is 0.526. The van der Waals surface area contributed by atoms with Gasteiger partial charge >= 0.3 is 6.09 Å². The first-order valence-corrected chi connectivity index (χ1v) is 8.80. The van der Waals surface area contributed by atoms with Gasteiger partial charge in [0.25, 0.3) is 0 Å². The Morgan fingerprint density at radius 3 is 2.68 bits per heavy atom. The summed E-state index contributed by atoms with van der Waals surface area (Å²) in [6, 6.07) is 5.61. The van der Waals surface area contributed by atoms with E-state index in [0.717, 1.165) is 5.56 Å². The first-order chi connectivity index (χ1) is 11.8. The number of hydrogen-bond donors (Lipinski definition) is 0. The van der Waals surface area contributed by atoms with Crippen molar-refractivity contribution in [1.82, 2.24) is 4.90 Å². The van der Waals surface area contributed by atoms with E-state index < -0.39 is 5.60 Å². The van der Waals surface area contributed by atoms with Crippen molar-refractivity contribution in [3.8, 4) is 5.75 Å². The van der Waals surface area contributed by atoms with Crippen LogP contribution in [0.25, 0.3) is 5.57 Å². The maximum atomic E-state index is 12.6. The lowest BCUT2D eigenvalue weighted by Crippen LogP contribution is -2.57. The van der Waals surface area contributed by atoms with E-state index in [1.807, 2.05) is 43.9 Å². The minimum atomic E-state index is -0.514. The van der Waals surface area contributed by atoms with E-state index in [4.69, 9.17) is 25.8 Å². The van der Waals surface area contributed by atoms with E-state index in [9.17, 15) is 4.79 Å². The molecule has 1 fully saturated rings. The van der Waals surface area contributed by atoms with Crippen LogP contribution in [0.15, 0.2) is 24.3 Å². The molecule has 2 heterocycles. The summed E-state index contributed by atoms with van der Waals surface area (Å²) < 4.78 is 16.4. The van der Waals surface area contributed by atoms with Gasteiger partial charge in [-0.05, 0) is 50.5 Å². The number of nitrogens with zero attached hydrogens (tertiary/aromatic N) is 1. The fourth-order valence-electron chi connectivity index (χ4n) is 3.28. The molecule has 2 aliphatic heterocycles. The van der Waals surface area contributed by atoms with Gasteiger partial charge in [0, 0.05) is 0 Å². The summed E-state index contributed by atoms with van der Waals surface area (Å²) in [5.74, 6) is 0.653. The van der Waals surface area contributed by atoms with Crippen molar-refractivity contribution >= 4 is 23.3 Å². The lowest BCUT2D eigenvalue weighted by molar-refractivity contribution is -0.0510. The quantitative estimate of drug-likeness (QED) is 0.790. The molecule has 1 amide bonds. The maximum Gasteiger partial charge on any atom is 0.411 e. The molecule has 3 rings (SSSR count). The van der Waals surface area contributed by atoms with Gasteiger partial charge in [0.1, 0.15) is 11.4 Å². The van der Waals surface area contributed by atoms with Gasteiger partial charge in [-0.2, -0.15) is 0 Å². The van der Waals surface area contributed by atoms with Crippen molar-refractivity contribution in [3.05, 3.63) is 34.9 Å². The number of carbonyl (C=O) groups excluding carboxylic acids is 1. The van der Waals surface area contributed by atoms with Crippen LogP contribution in [-0.4, -0.2) is 49.0 Å². The minimum Gasteiger partial charge on any atom is -0.495 e. The number of amides is 1. The highest BCUT2D eigenvalue weighted by atomic mass is 35.5. The van der Waals surface area contributed by atoms with Crippen molar-refractivity contribution in [3.63, 3.8) is 0 Å². The SMILES string of the molecule is COc1ccc(C2=CC3COCC(C2)N3C(=O)OC(C)(C)C)cc1Cl. The predicted octanol–water partition coefficient (Wildman–Crippen LogP) is 4.14. The smallest absolute Gasteiger partial charge is 0.411 e. The molecule has 0 radical (unpaired) electrons. The molecule has 1 saturated heterocycles. The zero-order chi connectivity index (χ0) is 18.2. The van der Waals surface area contributed by atoms with Crippen LogP contribution in [0.4, 0.5) is 4.79 Å². The minimum absolute atomic E-state index is 0.0329. The number of rotatable bonds is 2. The second-order valence-corrected chi connectivity index (χ2v) is 7.80. The first-order valence-electron chi connectivity index (χ1n) is 8.42. The molecule has 2 atom stereocenters. The Kier molecular flexibility index (Phi) is 4.98. The Hall–Kier alpha value is -1.72. The monoisotopic (exact) mass is 365 g/mol. The number of methoxy groups -OCH3 is 1. The van der Waals surface area contributed by atoms with Crippen LogP contribution in [0.3, 0.4) is 0 Å².